The number of rotatable bonds is 6. The molecule has 2 heterocycles. The first-order chi connectivity index (χ1) is 12.8. The number of aromatic nitrogens is 2. The molecule has 0 unspecified atom stereocenters. The number of aryl methyl sites for hydroxylation is 2. The summed E-state index contributed by atoms with van der Waals surface area (Å²) in [7, 11) is 1.97. The monoisotopic (exact) mass is 369 g/mol. The molecule has 0 saturated carbocycles. The molecule has 1 aliphatic heterocycles. The number of nitrogens with zero attached hydrogens (tertiary/aromatic N) is 2. The molecule has 2 aromatic rings. The third kappa shape index (κ3) is 4.59. The van der Waals surface area contributed by atoms with Crippen molar-refractivity contribution in [3.63, 3.8) is 0 Å². The summed E-state index contributed by atoms with van der Waals surface area (Å²) >= 11 is 0. The Morgan fingerprint density at radius 1 is 1.33 bits per heavy atom. The molecule has 5 nitrogen and oxygen atoms in total. The fraction of sp³-hybridized carbons (Fsp3) is 0.545. The van der Waals surface area contributed by atoms with Crippen molar-refractivity contribution in [3.8, 4) is 0 Å². The number of benzene rings is 1. The minimum Gasteiger partial charge on any atom is -0.376 e. The van der Waals surface area contributed by atoms with Gasteiger partial charge < -0.3 is 14.6 Å². The standard InChI is InChI=1S/C22H31N3O2/c1-17-7-5-6-8-18(17)22(10-14-27-21(2,3)16-22)15-20(26)24-11-9-19-23-12-13-25(19)4/h5-8,12-13H,9-11,14-16H2,1-4H3,(H,24,26)/t22-/m1/s1. The van der Waals surface area contributed by atoms with E-state index in [-0.39, 0.29) is 16.9 Å². The van der Waals surface area contributed by atoms with Crippen LogP contribution in [-0.2, 0) is 28.4 Å². The Hall–Kier alpha value is -2.14. The van der Waals surface area contributed by atoms with Crippen molar-refractivity contribution in [1.82, 2.24) is 14.9 Å². The second-order valence-corrected chi connectivity index (χ2v) is 8.36. The molecule has 1 aromatic carbocycles. The van der Waals surface area contributed by atoms with Crippen molar-refractivity contribution in [1.29, 1.82) is 0 Å². The van der Waals surface area contributed by atoms with Crippen LogP contribution in [0, 0.1) is 6.92 Å². The van der Waals surface area contributed by atoms with Crippen molar-refractivity contribution < 1.29 is 9.53 Å². The lowest BCUT2D eigenvalue weighted by Gasteiger charge is -2.45. The van der Waals surface area contributed by atoms with Gasteiger partial charge in [-0.25, -0.2) is 4.98 Å². The number of hydrogen-bond donors (Lipinski definition) is 1. The molecule has 0 bridgehead atoms. The molecule has 1 N–H and O–H groups in total. The minimum atomic E-state index is -0.228. The highest BCUT2D eigenvalue weighted by molar-refractivity contribution is 5.77. The normalized spacial score (nSPS) is 21.8. The molecular formula is C22H31N3O2. The van der Waals surface area contributed by atoms with Crippen molar-refractivity contribution in [2.24, 2.45) is 7.05 Å². The summed E-state index contributed by atoms with van der Waals surface area (Å²) in [6.07, 6.45) is 6.65. The number of hydrogen-bond acceptors (Lipinski definition) is 3. The van der Waals surface area contributed by atoms with Crippen LogP contribution in [-0.4, -0.2) is 34.2 Å². The van der Waals surface area contributed by atoms with E-state index in [1.807, 2.05) is 17.8 Å². The molecule has 1 aliphatic rings. The van der Waals surface area contributed by atoms with Gasteiger partial charge in [-0.1, -0.05) is 24.3 Å². The zero-order valence-electron chi connectivity index (χ0n) is 16.9. The Morgan fingerprint density at radius 3 is 2.78 bits per heavy atom. The lowest BCUT2D eigenvalue weighted by Crippen LogP contribution is -2.47. The Morgan fingerprint density at radius 2 is 2.11 bits per heavy atom. The summed E-state index contributed by atoms with van der Waals surface area (Å²) in [6, 6.07) is 8.45. The summed E-state index contributed by atoms with van der Waals surface area (Å²) in [4.78, 5) is 17.2. The van der Waals surface area contributed by atoms with Crippen LogP contribution in [0.3, 0.4) is 0 Å². The first kappa shape index (κ1) is 19.6. The van der Waals surface area contributed by atoms with Gasteiger partial charge in [-0.15, -0.1) is 0 Å². The highest BCUT2D eigenvalue weighted by Crippen LogP contribution is 2.45. The van der Waals surface area contributed by atoms with E-state index in [1.165, 1.54) is 11.1 Å². The van der Waals surface area contributed by atoms with Gasteiger partial charge in [-0.05, 0) is 44.7 Å². The van der Waals surface area contributed by atoms with Crippen molar-refractivity contribution in [3.05, 3.63) is 53.6 Å². The van der Waals surface area contributed by atoms with E-state index >= 15 is 0 Å². The zero-order valence-corrected chi connectivity index (χ0v) is 16.9. The van der Waals surface area contributed by atoms with Gasteiger partial charge in [0.15, 0.2) is 0 Å². The first-order valence-electron chi connectivity index (χ1n) is 9.74. The van der Waals surface area contributed by atoms with Gasteiger partial charge in [0, 0.05) is 50.8 Å². The second-order valence-electron chi connectivity index (χ2n) is 8.36. The number of amides is 1. The third-order valence-electron chi connectivity index (χ3n) is 5.64. The maximum absolute atomic E-state index is 12.8. The molecule has 0 aliphatic carbocycles. The fourth-order valence-electron chi connectivity index (χ4n) is 4.44. The number of ether oxygens (including phenoxy) is 1. The molecule has 146 valence electrons. The largest absolute Gasteiger partial charge is 0.376 e. The van der Waals surface area contributed by atoms with Crippen LogP contribution in [0.25, 0.3) is 0 Å². The molecule has 1 atom stereocenters. The van der Waals surface area contributed by atoms with Crippen molar-refractivity contribution >= 4 is 5.91 Å². The van der Waals surface area contributed by atoms with Gasteiger partial charge in [0.05, 0.1) is 5.60 Å². The third-order valence-corrected chi connectivity index (χ3v) is 5.64. The summed E-state index contributed by atoms with van der Waals surface area (Å²) in [6.45, 7) is 7.67. The average molecular weight is 370 g/mol. The van der Waals surface area contributed by atoms with Crippen LogP contribution >= 0.6 is 0 Å². The van der Waals surface area contributed by atoms with Gasteiger partial charge in [-0.3, -0.25) is 4.79 Å². The smallest absolute Gasteiger partial charge is 0.220 e. The van der Waals surface area contributed by atoms with Crippen molar-refractivity contribution in [2.45, 2.75) is 57.5 Å². The quantitative estimate of drug-likeness (QED) is 0.850. The molecule has 0 radical (unpaired) electrons. The van der Waals surface area contributed by atoms with Crippen LogP contribution in [0.4, 0.5) is 0 Å². The van der Waals surface area contributed by atoms with E-state index < -0.39 is 0 Å². The fourth-order valence-corrected chi connectivity index (χ4v) is 4.44. The van der Waals surface area contributed by atoms with E-state index in [0.29, 0.717) is 19.6 Å². The first-order valence-corrected chi connectivity index (χ1v) is 9.74. The summed E-state index contributed by atoms with van der Waals surface area (Å²) in [5.74, 6) is 1.08. The summed E-state index contributed by atoms with van der Waals surface area (Å²) in [5, 5.41) is 3.10. The molecule has 5 heteroatoms. The molecule has 3 rings (SSSR count). The van der Waals surface area contributed by atoms with Gasteiger partial charge in [0.1, 0.15) is 5.82 Å². The summed E-state index contributed by atoms with van der Waals surface area (Å²) in [5.41, 5.74) is 2.12. The Balaban J connectivity index is 1.73. The topological polar surface area (TPSA) is 56.2 Å². The van der Waals surface area contributed by atoms with E-state index in [1.54, 1.807) is 6.20 Å². The van der Waals surface area contributed by atoms with Crippen LogP contribution in [0.1, 0.15) is 50.1 Å². The van der Waals surface area contributed by atoms with Crippen LogP contribution in [0.5, 0.6) is 0 Å². The Bertz CT molecular complexity index is 796. The van der Waals surface area contributed by atoms with Crippen molar-refractivity contribution in [2.75, 3.05) is 13.2 Å². The Labute approximate surface area is 162 Å². The average Bonchev–Trinajstić information content (AvgIpc) is 2.99. The Kier molecular flexibility index (Phi) is 5.70. The highest BCUT2D eigenvalue weighted by atomic mass is 16.5. The predicted molar refractivity (Wildman–Crippen MR) is 107 cm³/mol. The van der Waals surface area contributed by atoms with Gasteiger partial charge in [0.25, 0.3) is 0 Å². The maximum atomic E-state index is 12.8. The van der Waals surface area contributed by atoms with E-state index in [4.69, 9.17) is 4.74 Å². The van der Waals surface area contributed by atoms with Gasteiger partial charge >= 0.3 is 0 Å². The number of carbonyl (C=O) groups is 1. The summed E-state index contributed by atoms with van der Waals surface area (Å²) < 4.78 is 7.95. The maximum Gasteiger partial charge on any atom is 0.220 e. The molecule has 1 saturated heterocycles. The highest BCUT2D eigenvalue weighted by Gasteiger charge is 2.44. The second kappa shape index (κ2) is 7.85. The number of carbonyl (C=O) groups excluding carboxylic acids is 1. The molecular weight excluding hydrogens is 338 g/mol. The SMILES string of the molecule is Cc1ccccc1[C@@]1(CC(=O)NCCc2nccn2C)CCOC(C)(C)C1. The van der Waals surface area contributed by atoms with Gasteiger partial charge in [-0.2, -0.15) is 0 Å². The molecule has 0 spiro atoms. The molecule has 1 aromatic heterocycles. The van der Waals surface area contributed by atoms with E-state index in [2.05, 4.69) is 55.3 Å². The van der Waals surface area contributed by atoms with Crippen LogP contribution < -0.4 is 5.32 Å². The molecule has 1 amide bonds. The lowest BCUT2D eigenvalue weighted by atomic mass is 9.66. The predicted octanol–water partition coefficient (Wildman–Crippen LogP) is 3.30. The van der Waals surface area contributed by atoms with Crippen LogP contribution in [0.2, 0.25) is 0 Å². The molecule has 1 fully saturated rings. The lowest BCUT2D eigenvalue weighted by molar-refractivity contribution is -0.126. The van der Waals surface area contributed by atoms with Gasteiger partial charge in [0.2, 0.25) is 5.91 Å². The van der Waals surface area contributed by atoms with E-state index in [0.717, 1.165) is 25.1 Å². The minimum absolute atomic E-state index is 0.102. The van der Waals surface area contributed by atoms with E-state index in [9.17, 15) is 4.79 Å². The zero-order chi connectivity index (χ0) is 19.5. The molecule has 27 heavy (non-hydrogen) atoms. The van der Waals surface area contributed by atoms with Crippen LogP contribution in [0.15, 0.2) is 36.7 Å². The number of imidazole rings is 1. The number of nitrogens with one attached hydrogen (secondary N) is 1.